The molecule has 1 heterocycles. The molecule has 0 bridgehead atoms. The van der Waals surface area contributed by atoms with Gasteiger partial charge in [-0.25, -0.2) is 4.79 Å². The molecule has 2 rings (SSSR count). The quantitative estimate of drug-likeness (QED) is 0.657. The Hall–Kier alpha value is -1.59. The van der Waals surface area contributed by atoms with E-state index < -0.39 is 0 Å². The molecule has 2 aromatic rings. The van der Waals surface area contributed by atoms with Crippen LogP contribution in [0.25, 0.3) is 11.0 Å². The Kier molecular flexibility index (Phi) is 3.28. The van der Waals surface area contributed by atoms with Gasteiger partial charge in [0.25, 0.3) is 0 Å². The highest BCUT2D eigenvalue weighted by Crippen LogP contribution is 2.21. The second-order valence-corrected chi connectivity index (χ2v) is 5.52. The molecular weight excluding hydrogens is 228 g/mol. The van der Waals surface area contributed by atoms with E-state index in [0.29, 0.717) is 0 Å². The fraction of sp³-hybridized carbons (Fsp3) is 0.462. The molecule has 0 aliphatic carbocycles. The summed E-state index contributed by atoms with van der Waals surface area (Å²) in [5, 5.41) is 0. The Balaban J connectivity index is 2.17. The highest BCUT2D eigenvalue weighted by Gasteiger charge is 2.14. The average molecular weight is 248 g/mol. The second-order valence-electron chi connectivity index (χ2n) is 5.52. The smallest absolute Gasteiger partial charge is 0.323 e. The number of hydrogen-bond acceptors (Lipinski definition) is 3. The first kappa shape index (κ1) is 12.9. The number of benzene rings is 1. The third-order valence-corrected chi connectivity index (χ3v) is 3.07. The van der Waals surface area contributed by atoms with Gasteiger partial charge in [0.05, 0.1) is 11.0 Å². The average Bonchev–Trinajstić information content (AvgIpc) is 2.63. The number of nitrogens with two attached hydrogens (primary N) is 2. The molecule has 0 aliphatic rings. The summed E-state index contributed by atoms with van der Waals surface area (Å²) in [5.74, 6) is 0. The van der Waals surface area contributed by atoms with Gasteiger partial charge in [0, 0.05) is 11.6 Å². The Bertz CT molecular complexity index is 591. The number of fused-ring (bicyclic) bond motifs is 1. The molecule has 6 N–H and O–H groups in total. The molecule has 98 valence electrons. The molecule has 0 fully saturated rings. The van der Waals surface area contributed by atoms with Crippen LogP contribution in [0.4, 0.5) is 0 Å². The van der Waals surface area contributed by atoms with E-state index in [-0.39, 0.29) is 17.3 Å². The highest BCUT2D eigenvalue weighted by molar-refractivity contribution is 5.75. The first-order valence-electron chi connectivity index (χ1n) is 6.11. The minimum absolute atomic E-state index is 0.0596. The Morgan fingerprint density at radius 2 is 1.94 bits per heavy atom. The molecule has 1 unspecified atom stereocenters. The summed E-state index contributed by atoms with van der Waals surface area (Å²) >= 11 is 0. The summed E-state index contributed by atoms with van der Waals surface area (Å²) in [5.41, 5.74) is 14.3. The summed E-state index contributed by atoms with van der Waals surface area (Å²) in [6.07, 6.45) is 1.68. The molecule has 0 amide bonds. The van der Waals surface area contributed by atoms with Gasteiger partial charge in [-0.15, -0.1) is 0 Å². The van der Waals surface area contributed by atoms with Crippen molar-refractivity contribution in [2.75, 3.05) is 0 Å². The van der Waals surface area contributed by atoms with Crippen molar-refractivity contribution in [3.8, 4) is 0 Å². The van der Waals surface area contributed by atoms with E-state index in [1.54, 1.807) is 0 Å². The fourth-order valence-corrected chi connectivity index (χ4v) is 1.97. The lowest BCUT2D eigenvalue weighted by Gasteiger charge is -2.21. The van der Waals surface area contributed by atoms with Crippen molar-refractivity contribution >= 4 is 11.0 Å². The normalized spacial score (nSPS) is 14.0. The molecule has 1 atom stereocenters. The van der Waals surface area contributed by atoms with E-state index in [9.17, 15) is 4.79 Å². The van der Waals surface area contributed by atoms with Crippen LogP contribution in [0.15, 0.2) is 23.0 Å². The van der Waals surface area contributed by atoms with Crippen molar-refractivity contribution in [3.63, 3.8) is 0 Å². The van der Waals surface area contributed by atoms with Crippen molar-refractivity contribution in [3.05, 3.63) is 34.2 Å². The zero-order valence-corrected chi connectivity index (χ0v) is 10.8. The van der Waals surface area contributed by atoms with Crippen LogP contribution in [0.1, 0.15) is 38.3 Å². The van der Waals surface area contributed by atoms with Crippen molar-refractivity contribution in [1.82, 2.24) is 9.97 Å². The molecule has 1 aromatic heterocycles. The third kappa shape index (κ3) is 3.00. The van der Waals surface area contributed by atoms with Gasteiger partial charge in [0.15, 0.2) is 0 Å². The zero-order valence-electron chi connectivity index (χ0n) is 10.8. The summed E-state index contributed by atoms with van der Waals surface area (Å²) in [7, 11) is 0. The summed E-state index contributed by atoms with van der Waals surface area (Å²) in [4.78, 5) is 16.6. The van der Waals surface area contributed by atoms with Crippen molar-refractivity contribution in [2.24, 2.45) is 11.5 Å². The molecule has 18 heavy (non-hydrogen) atoms. The highest BCUT2D eigenvalue weighted by atomic mass is 16.1. The van der Waals surface area contributed by atoms with Gasteiger partial charge >= 0.3 is 5.69 Å². The SMILES string of the molecule is CC(C)(N)CCC(N)c1ccc2[nH]c(=O)[nH]c2c1. The van der Waals surface area contributed by atoms with Gasteiger partial charge < -0.3 is 21.4 Å². The van der Waals surface area contributed by atoms with Gasteiger partial charge in [-0.3, -0.25) is 0 Å². The van der Waals surface area contributed by atoms with E-state index in [1.165, 1.54) is 0 Å². The summed E-state index contributed by atoms with van der Waals surface area (Å²) in [6, 6.07) is 5.67. The lowest BCUT2D eigenvalue weighted by molar-refractivity contribution is 0.433. The van der Waals surface area contributed by atoms with Gasteiger partial charge in [-0.2, -0.15) is 0 Å². The van der Waals surface area contributed by atoms with Gasteiger partial charge in [-0.1, -0.05) is 6.07 Å². The third-order valence-electron chi connectivity index (χ3n) is 3.07. The molecule has 0 saturated carbocycles. The topological polar surface area (TPSA) is 101 Å². The number of aromatic amines is 2. The minimum Gasteiger partial charge on any atom is -0.326 e. The van der Waals surface area contributed by atoms with E-state index in [0.717, 1.165) is 29.4 Å². The van der Waals surface area contributed by atoms with E-state index in [1.807, 2.05) is 32.0 Å². The van der Waals surface area contributed by atoms with Crippen LogP contribution < -0.4 is 17.2 Å². The number of hydrogen-bond donors (Lipinski definition) is 4. The number of H-pyrrole nitrogens is 2. The van der Waals surface area contributed by atoms with Crippen LogP contribution in [0, 0.1) is 0 Å². The number of rotatable bonds is 4. The maximum atomic E-state index is 11.2. The first-order chi connectivity index (χ1) is 8.35. The molecule has 0 radical (unpaired) electrons. The first-order valence-corrected chi connectivity index (χ1v) is 6.11. The standard InChI is InChI=1S/C13H20N4O/c1-13(2,15)6-5-9(14)8-3-4-10-11(7-8)17-12(18)16-10/h3-4,7,9H,5-6,14-15H2,1-2H3,(H2,16,17,18). The van der Waals surface area contributed by atoms with Crippen molar-refractivity contribution in [1.29, 1.82) is 0 Å². The van der Waals surface area contributed by atoms with Crippen LogP contribution >= 0.6 is 0 Å². The van der Waals surface area contributed by atoms with Crippen molar-refractivity contribution in [2.45, 2.75) is 38.3 Å². The summed E-state index contributed by atoms with van der Waals surface area (Å²) in [6.45, 7) is 3.99. The maximum Gasteiger partial charge on any atom is 0.323 e. The Labute approximate surface area is 106 Å². The number of nitrogens with one attached hydrogen (secondary N) is 2. The van der Waals surface area contributed by atoms with Crippen molar-refractivity contribution < 1.29 is 0 Å². The lowest BCUT2D eigenvalue weighted by atomic mass is 9.94. The second kappa shape index (κ2) is 4.59. The van der Waals surface area contributed by atoms with Gasteiger partial charge in [-0.05, 0) is 44.4 Å². The lowest BCUT2D eigenvalue weighted by Crippen LogP contribution is -2.32. The van der Waals surface area contributed by atoms with Crippen LogP contribution in [-0.2, 0) is 0 Å². The van der Waals surface area contributed by atoms with Gasteiger partial charge in [0.1, 0.15) is 0 Å². The molecule has 0 aliphatic heterocycles. The molecule has 0 saturated heterocycles. The van der Waals surface area contributed by atoms with E-state index in [2.05, 4.69) is 9.97 Å². The van der Waals surface area contributed by atoms with Crippen LogP contribution in [0.2, 0.25) is 0 Å². The molecular formula is C13H20N4O. The predicted octanol–water partition coefficient (Wildman–Crippen LogP) is 1.37. The van der Waals surface area contributed by atoms with E-state index >= 15 is 0 Å². The van der Waals surface area contributed by atoms with Crippen LogP contribution in [0.3, 0.4) is 0 Å². The molecule has 5 nitrogen and oxygen atoms in total. The summed E-state index contributed by atoms with van der Waals surface area (Å²) < 4.78 is 0. The molecule has 5 heteroatoms. The van der Waals surface area contributed by atoms with Crippen LogP contribution in [0.5, 0.6) is 0 Å². The minimum atomic E-state index is -0.204. The maximum absolute atomic E-state index is 11.2. The largest absolute Gasteiger partial charge is 0.326 e. The monoisotopic (exact) mass is 248 g/mol. The molecule has 1 aromatic carbocycles. The number of aromatic nitrogens is 2. The fourth-order valence-electron chi connectivity index (χ4n) is 1.97. The van der Waals surface area contributed by atoms with Gasteiger partial charge in [0.2, 0.25) is 0 Å². The van der Waals surface area contributed by atoms with E-state index in [4.69, 9.17) is 11.5 Å². The molecule has 0 spiro atoms. The Morgan fingerprint density at radius 3 is 2.61 bits per heavy atom. The zero-order chi connectivity index (χ0) is 13.3. The Morgan fingerprint density at radius 1 is 1.28 bits per heavy atom. The number of imidazole rings is 1. The predicted molar refractivity (Wildman–Crippen MR) is 73.3 cm³/mol. The van der Waals surface area contributed by atoms with Crippen LogP contribution in [-0.4, -0.2) is 15.5 Å².